The predicted molar refractivity (Wildman–Crippen MR) is 100 cm³/mol. The summed E-state index contributed by atoms with van der Waals surface area (Å²) in [6.45, 7) is 1.93. The molecule has 0 aliphatic carbocycles. The molecule has 0 amide bonds. The van der Waals surface area contributed by atoms with Gasteiger partial charge in [-0.05, 0) is 17.7 Å². The van der Waals surface area contributed by atoms with Crippen molar-refractivity contribution in [2.45, 2.75) is 24.7 Å². The van der Waals surface area contributed by atoms with Gasteiger partial charge >= 0.3 is 6.18 Å². The second kappa shape index (κ2) is 8.52. The highest BCUT2D eigenvalue weighted by Crippen LogP contribution is 2.31. The van der Waals surface area contributed by atoms with E-state index in [1.165, 1.54) is 0 Å². The van der Waals surface area contributed by atoms with Gasteiger partial charge in [0.15, 0.2) is 5.82 Å². The first-order valence-electron chi connectivity index (χ1n) is 8.48. The van der Waals surface area contributed by atoms with Crippen LogP contribution in [0.1, 0.15) is 18.2 Å². The Morgan fingerprint density at radius 3 is 2.43 bits per heavy atom. The molecule has 0 saturated carbocycles. The number of ether oxygens (including phenoxy) is 1. The Morgan fingerprint density at radius 2 is 1.75 bits per heavy atom. The normalized spacial score (nSPS) is 12.6. The molecule has 0 aliphatic rings. The van der Waals surface area contributed by atoms with E-state index in [2.05, 4.69) is 9.97 Å². The van der Waals surface area contributed by atoms with Crippen LogP contribution in [0.15, 0.2) is 65.7 Å². The molecule has 0 fully saturated rings. The van der Waals surface area contributed by atoms with E-state index in [1.807, 2.05) is 30.3 Å². The smallest absolute Gasteiger partial charge is 0.433 e. The standard InChI is InChI=1S/C20H17F3N2O2S/c1-2-28(26)18-12-17(20(21,22)23)24-19(25-18)15-9-6-10-16(11-15)27-13-14-7-4-3-5-8-14/h3-12H,2,13H2,1H3. The largest absolute Gasteiger partial charge is 0.489 e. The molecular formula is C20H17F3N2O2S. The minimum Gasteiger partial charge on any atom is -0.489 e. The van der Waals surface area contributed by atoms with Gasteiger partial charge in [0, 0.05) is 17.4 Å². The summed E-state index contributed by atoms with van der Waals surface area (Å²) in [6, 6.07) is 16.7. The average Bonchev–Trinajstić information content (AvgIpc) is 2.71. The summed E-state index contributed by atoms with van der Waals surface area (Å²) in [4.78, 5) is 7.71. The Kier molecular flexibility index (Phi) is 6.08. The SMILES string of the molecule is CCS(=O)c1cc(C(F)(F)F)nc(-c2cccc(OCc3ccccc3)c2)n1. The van der Waals surface area contributed by atoms with Crippen molar-refractivity contribution in [3.8, 4) is 17.1 Å². The topological polar surface area (TPSA) is 52.1 Å². The van der Waals surface area contributed by atoms with Crippen LogP contribution in [0.5, 0.6) is 5.75 Å². The molecule has 3 rings (SSSR count). The van der Waals surface area contributed by atoms with Crippen molar-refractivity contribution in [3.05, 3.63) is 71.9 Å². The number of alkyl halides is 3. The highest BCUT2D eigenvalue weighted by molar-refractivity contribution is 7.84. The molecule has 1 aromatic heterocycles. The zero-order chi connectivity index (χ0) is 20.1. The molecule has 0 aliphatic heterocycles. The maximum Gasteiger partial charge on any atom is 0.433 e. The van der Waals surface area contributed by atoms with Crippen LogP contribution in [0.25, 0.3) is 11.4 Å². The molecule has 4 nitrogen and oxygen atoms in total. The molecule has 146 valence electrons. The molecule has 3 aromatic rings. The number of hydrogen-bond donors (Lipinski definition) is 0. The zero-order valence-corrected chi connectivity index (χ0v) is 15.8. The van der Waals surface area contributed by atoms with E-state index in [1.54, 1.807) is 31.2 Å². The predicted octanol–water partition coefficient (Wildman–Crippen LogP) is 4.87. The monoisotopic (exact) mass is 406 g/mol. The van der Waals surface area contributed by atoms with E-state index in [0.29, 0.717) is 17.9 Å². The fraction of sp³-hybridized carbons (Fsp3) is 0.200. The number of rotatable bonds is 6. The lowest BCUT2D eigenvalue weighted by Gasteiger charge is -2.11. The number of aromatic nitrogens is 2. The lowest BCUT2D eigenvalue weighted by Crippen LogP contribution is -2.12. The maximum absolute atomic E-state index is 13.2. The Morgan fingerprint density at radius 1 is 1.00 bits per heavy atom. The summed E-state index contributed by atoms with van der Waals surface area (Å²) in [5, 5.41) is -0.143. The van der Waals surface area contributed by atoms with Gasteiger partial charge in [0.05, 0.1) is 10.8 Å². The second-order valence-corrected chi connectivity index (χ2v) is 7.54. The van der Waals surface area contributed by atoms with Gasteiger partial charge in [-0.25, -0.2) is 9.97 Å². The molecule has 0 N–H and O–H groups in total. The summed E-state index contributed by atoms with van der Waals surface area (Å²) < 4.78 is 57.4. The van der Waals surface area contributed by atoms with Gasteiger partial charge in [0.2, 0.25) is 0 Å². The van der Waals surface area contributed by atoms with E-state index in [4.69, 9.17) is 4.74 Å². The highest BCUT2D eigenvalue weighted by atomic mass is 32.2. The first-order valence-corrected chi connectivity index (χ1v) is 9.80. The van der Waals surface area contributed by atoms with Crippen molar-refractivity contribution in [2.75, 3.05) is 5.75 Å². The lowest BCUT2D eigenvalue weighted by molar-refractivity contribution is -0.141. The maximum atomic E-state index is 13.2. The van der Waals surface area contributed by atoms with Crippen LogP contribution in [0.2, 0.25) is 0 Å². The molecule has 1 heterocycles. The Hall–Kier alpha value is -2.74. The van der Waals surface area contributed by atoms with Crippen molar-refractivity contribution in [1.82, 2.24) is 9.97 Å². The van der Waals surface area contributed by atoms with Crippen molar-refractivity contribution in [1.29, 1.82) is 0 Å². The molecule has 0 spiro atoms. The molecule has 0 radical (unpaired) electrons. The first kappa shape index (κ1) is 20.0. The third kappa shape index (κ3) is 4.95. The number of hydrogen-bond acceptors (Lipinski definition) is 4. The van der Waals surface area contributed by atoms with Crippen LogP contribution < -0.4 is 4.74 Å². The Balaban J connectivity index is 1.93. The molecule has 0 saturated heterocycles. The zero-order valence-electron chi connectivity index (χ0n) is 14.9. The van der Waals surface area contributed by atoms with Gasteiger partial charge in [-0.15, -0.1) is 0 Å². The summed E-state index contributed by atoms with van der Waals surface area (Å²) in [5.41, 5.74) is 0.194. The van der Waals surface area contributed by atoms with E-state index < -0.39 is 22.7 Å². The molecular weight excluding hydrogens is 389 g/mol. The van der Waals surface area contributed by atoms with Crippen molar-refractivity contribution in [3.63, 3.8) is 0 Å². The van der Waals surface area contributed by atoms with Gasteiger partial charge in [0.25, 0.3) is 0 Å². The quantitative estimate of drug-likeness (QED) is 0.548. The summed E-state index contributed by atoms with van der Waals surface area (Å²) in [6.07, 6.45) is -4.66. The van der Waals surface area contributed by atoms with Gasteiger partial charge in [0.1, 0.15) is 23.1 Å². The fourth-order valence-corrected chi connectivity index (χ4v) is 3.16. The molecule has 0 bridgehead atoms. The van der Waals surface area contributed by atoms with Crippen LogP contribution in [0.4, 0.5) is 13.2 Å². The Labute approximate surface area is 162 Å². The van der Waals surface area contributed by atoms with Gasteiger partial charge in [-0.1, -0.05) is 49.4 Å². The third-order valence-corrected chi connectivity index (χ3v) is 5.03. The molecule has 1 atom stereocenters. The second-order valence-electron chi connectivity index (χ2n) is 5.85. The van der Waals surface area contributed by atoms with Crippen LogP contribution in [-0.4, -0.2) is 19.9 Å². The van der Waals surface area contributed by atoms with Crippen LogP contribution in [0, 0.1) is 0 Å². The van der Waals surface area contributed by atoms with Crippen LogP contribution in [0.3, 0.4) is 0 Å². The van der Waals surface area contributed by atoms with Crippen molar-refractivity contribution >= 4 is 10.8 Å². The Bertz CT molecular complexity index is 979. The number of nitrogens with zero attached hydrogens (tertiary/aromatic N) is 2. The lowest BCUT2D eigenvalue weighted by atomic mass is 10.2. The van der Waals surface area contributed by atoms with Gasteiger partial charge < -0.3 is 4.74 Å². The average molecular weight is 406 g/mol. The fourth-order valence-electron chi connectivity index (χ4n) is 2.43. The number of halogens is 3. The van der Waals surface area contributed by atoms with E-state index in [0.717, 1.165) is 11.6 Å². The number of benzene rings is 2. The molecule has 1 unspecified atom stereocenters. The van der Waals surface area contributed by atoms with Crippen LogP contribution in [-0.2, 0) is 23.6 Å². The van der Waals surface area contributed by atoms with Gasteiger partial charge in [-0.2, -0.15) is 13.2 Å². The third-order valence-electron chi connectivity index (χ3n) is 3.83. The van der Waals surface area contributed by atoms with Crippen LogP contribution >= 0.6 is 0 Å². The summed E-state index contributed by atoms with van der Waals surface area (Å²) in [5.74, 6) is 0.492. The summed E-state index contributed by atoms with van der Waals surface area (Å²) in [7, 11) is -1.64. The van der Waals surface area contributed by atoms with Crippen molar-refractivity contribution in [2.24, 2.45) is 0 Å². The minimum absolute atomic E-state index is 0.142. The molecule has 28 heavy (non-hydrogen) atoms. The molecule has 2 aromatic carbocycles. The first-order chi connectivity index (χ1) is 13.4. The van der Waals surface area contributed by atoms with Gasteiger partial charge in [-0.3, -0.25) is 4.21 Å². The summed E-state index contributed by atoms with van der Waals surface area (Å²) >= 11 is 0. The van der Waals surface area contributed by atoms with E-state index in [-0.39, 0.29) is 16.6 Å². The minimum atomic E-state index is -4.66. The van der Waals surface area contributed by atoms with E-state index >= 15 is 0 Å². The van der Waals surface area contributed by atoms with Crippen molar-refractivity contribution < 1.29 is 22.1 Å². The highest BCUT2D eigenvalue weighted by Gasteiger charge is 2.34. The molecule has 8 heteroatoms. The van der Waals surface area contributed by atoms with E-state index in [9.17, 15) is 17.4 Å².